The number of rotatable bonds is 3. The van der Waals surface area contributed by atoms with Crippen LogP contribution in [0.5, 0.6) is 0 Å². The first-order valence-electron chi connectivity index (χ1n) is 8.82. The molecule has 134 valence electrons. The molecule has 2 saturated carbocycles. The van der Waals surface area contributed by atoms with E-state index in [2.05, 4.69) is 13.5 Å². The first kappa shape index (κ1) is 17.5. The second kappa shape index (κ2) is 5.87. The molecule has 0 spiro atoms. The number of allylic oxidation sites excluding steroid dienone is 1. The van der Waals surface area contributed by atoms with Gasteiger partial charge in [-0.15, -0.1) is 0 Å². The van der Waals surface area contributed by atoms with Gasteiger partial charge in [-0.3, -0.25) is 4.79 Å². The number of methoxy groups -OCH3 is 1. The predicted octanol–water partition coefficient (Wildman–Crippen LogP) is 3.02. The second-order valence-electron chi connectivity index (χ2n) is 8.09. The minimum atomic E-state index is -0.849. The van der Waals surface area contributed by atoms with Crippen molar-refractivity contribution < 1.29 is 23.8 Å². The Morgan fingerprint density at radius 2 is 2.04 bits per heavy atom. The van der Waals surface area contributed by atoms with Crippen LogP contribution in [0.2, 0.25) is 0 Å². The first-order valence-corrected chi connectivity index (χ1v) is 8.82. The molecule has 3 aliphatic rings. The Kier molecular flexibility index (Phi) is 4.27. The molecule has 6 atom stereocenters. The number of fused-ring (bicyclic) bond motifs is 2. The van der Waals surface area contributed by atoms with Crippen LogP contribution in [0.4, 0.5) is 0 Å². The third kappa shape index (κ3) is 2.77. The van der Waals surface area contributed by atoms with E-state index in [9.17, 15) is 9.59 Å². The quantitative estimate of drug-likeness (QED) is 0.450. The van der Waals surface area contributed by atoms with E-state index in [1.54, 1.807) is 0 Å². The number of epoxide rings is 1. The lowest BCUT2D eigenvalue weighted by Gasteiger charge is -2.56. The summed E-state index contributed by atoms with van der Waals surface area (Å²) < 4.78 is 16.2. The van der Waals surface area contributed by atoms with Crippen LogP contribution in [0.15, 0.2) is 12.2 Å². The lowest BCUT2D eigenvalue weighted by atomic mass is 9.49. The van der Waals surface area contributed by atoms with Gasteiger partial charge in [-0.2, -0.15) is 0 Å². The van der Waals surface area contributed by atoms with Crippen molar-refractivity contribution in [3.05, 3.63) is 12.2 Å². The fourth-order valence-corrected chi connectivity index (χ4v) is 4.87. The van der Waals surface area contributed by atoms with E-state index < -0.39 is 23.5 Å². The van der Waals surface area contributed by atoms with Crippen molar-refractivity contribution in [3.8, 4) is 0 Å². The largest absolute Gasteiger partial charge is 0.466 e. The van der Waals surface area contributed by atoms with Gasteiger partial charge in [-0.1, -0.05) is 19.1 Å². The summed E-state index contributed by atoms with van der Waals surface area (Å²) in [5.41, 5.74) is 0.800. The first-order chi connectivity index (χ1) is 11.2. The zero-order chi connectivity index (χ0) is 17.7. The van der Waals surface area contributed by atoms with Crippen molar-refractivity contribution in [1.29, 1.82) is 0 Å². The van der Waals surface area contributed by atoms with Crippen LogP contribution >= 0.6 is 0 Å². The van der Waals surface area contributed by atoms with Gasteiger partial charge in [0.05, 0.1) is 18.8 Å². The van der Waals surface area contributed by atoms with E-state index in [1.807, 2.05) is 6.92 Å². The van der Waals surface area contributed by atoms with Gasteiger partial charge in [-0.25, -0.2) is 4.79 Å². The highest BCUT2D eigenvalue weighted by molar-refractivity contribution is 5.79. The number of esters is 2. The summed E-state index contributed by atoms with van der Waals surface area (Å²) in [4.78, 5) is 23.8. The molecular formula is C19H28O5. The molecule has 0 aromatic carbocycles. The van der Waals surface area contributed by atoms with Crippen molar-refractivity contribution in [2.75, 3.05) is 7.11 Å². The van der Waals surface area contributed by atoms with Crippen molar-refractivity contribution in [1.82, 2.24) is 0 Å². The molecular weight excluding hydrogens is 308 g/mol. The monoisotopic (exact) mass is 336 g/mol. The molecule has 1 heterocycles. The minimum Gasteiger partial charge on any atom is -0.466 e. The number of ether oxygens (including phenoxy) is 3. The predicted molar refractivity (Wildman–Crippen MR) is 88.2 cm³/mol. The Hall–Kier alpha value is -1.36. The van der Waals surface area contributed by atoms with Gasteiger partial charge in [0.25, 0.3) is 0 Å². The highest BCUT2D eigenvalue weighted by Gasteiger charge is 2.61. The lowest BCUT2D eigenvalue weighted by molar-refractivity contribution is -0.191. The molecule has 0 amide bonds. The molecule has 1 unspecified atom stereocenters. The van der Waals surface area contributed by atoms with Crippen molar-refractivity contribution in [2.45, 2.75) is 70.7 Å². The summed E-state index contributed by atoms with van der Waals surface area (Å²) in [6.45, 7) is 9.83. The van der Waals surface area contributed by atoms with E-state index in [1.165, 1.54) is 19.6 Å². The minimum absolute atomic E-state index is 0.0339. The Labute approximate surface area is 143 Å². The van der Waals surface area contributed by atoms with E-state index in [4.69, 9.17) is 14.2 Å². The number of carbonyl (C=O) groups is 2. The van der Waals surface area contributed by atoms with Crippen molar-refractivity contribution >= 4 is 11.9 Å². The SMILES string of the molecule is C=C1CC[C@@H]2O[C@@]2(C)CC[C@H]2[C@H]1C[C@]2(C)C(OC(C)=O)C(=O)OC. The molecule has 0 radical (unpaired) electrons. The Morgan fingerprint density at radius 3 is 2.67 bits per heavy atom. The highest BCUT2D eigenvalue weighted by atomic mass is 16.6. The lowest BCUT2D eigenvalue weighted by Crippen LogP contribution is -2.57. The molecule has 3 rings (SSSR count). The van der Waals surface area contributed by atoms with E-state index >= 15 is 0 Å². The standard InChI is InChI=1S/C19H28O5/c1-11-6-7-15-19(4,24-15)9-8-14-13(11)10-18(14,3)16(17(21)22-5)23-12(2)20/h13-16H,1,6-10H2,2-5H3/t13-,14-,15-,16?,18-,19-/m0/s1. The maximum atomic E-state index is 12.3. The Bertz CT molecular complexity index is 570. The summed E-state index contributed by atoms with van der Waals surface area (Å²) in [7, 11) is 1.34. The Balaban J connectivity index is 1.83. The topological polar surface area (TPSA) is 65.1 Å². The zero-order valence-electron chi connectivity index (χ0n) is 15.1. The molecule has 0 bridgehead atoms. The molecule has 0 aromatic rings. The summed E-state index contributed by atoms with van der Waals surface area (Å²) in [6.07, 6.45) is 4.21. The summed E-state index contributed by atoms with van der Waals surface area (Å²) in [5.74, 6) is -0.273. The summed E-state index contributed by atoms with van der Waals surface area (Å²) in [5, 5.41) is 0. The Morgan fingerprint density at radius 1 is 1.33 bits per heavy atom. The van der Waals surface area contributed by atoms with Crippen LogP contribution in [-0.4, -0.2) is 36.9 Å². The van der Waals surface area contributed by atoms with Gasteiger partial charge in [0.15, 0.2) is 0 Å². The van der Waals surface area contributed by atoms with Gasteiger partial charge in [0.2, 0.25) is 6.10 Å². The molecule has 0 N–H and O–H groups in total. The summed E-state index contributed by atoms with van der Waals surface area (Å²) >= 11 is 0. The molecule has 5 nitrogen and oxygen atoms in total. The molecule has 3 fully saturated rings. The van der Waals surface area contributed by atoms with E-state index in [-0.39, 0.29) is 11.5 Å². The van der Waals surface area contributed by atoms with Gasteiger partial charge in [0, 0.05) is 12.3 Å². The van der Waals surface area contributed by atoms with Gasteiger partial charge in [0.1, 0.15) is 0 Å². The van der Waals surface area contributed by atoms with E-state index in [0.717, 1.165) is 32.1 Å². The fraction of sp³-hybridized carbons (Fsp3) is 0.789. The zero-order valence-corrected chi connectivity index (χ0v) is 15.1. The fourth-order valence-electron chi connectivity index (χ4n) is 4.87. The maximum Gasteiger partial charge on any atom is 0.347 e. The second-order valence-corrected chi connectivity index (χ2v) is 8.09. The third-order valence-electron chi connectivity index (χ3n) is 6.53. The van der Waals surface area contributed by atoms with Crippen molar-refractivity contribution in [2.24, 2.45) is 17.3 Å². The third-order valence-corrected chi connectivity index (χ3v) is 6.53. The van der Waals surface area contributed by atoms with Crippen LogP contribution in [-0.2, 0) is 23.8 Å². The molecule has 1 saturated heterocycles. The number of carbonyl (C=O) groups excluding carboxylic acids is 2. The smallest absolute Gasteiger partial charge is 0.347 e. The van der Waals surface area contributed by atoms with Crippen LogP contribution < -0.4 is 0 Å². The van der Waals surface area contributed by atoms with Crippen LogP contribution in [0.3, 0.4) is 0 Å². The van der Waals surface area contributed by atoms with Gasteiger partial charge in [-0.05, 0) is 50.9 Å². The van der Waals surface area contributed by atoms with Crippen LogP contribution in [0.1, 0.15) is 52.9 Å². The van der Waals surface area contributed by atoms with Gasteiger partial charge < -0.3 is 14.2 Å². The maximum absolute atomic E-state index is 12.3. The van der Waals surface area contributed by atoms with Crippen LogP contribution in [0.25, 0.3) is 0 Å². The molecule has 24 heavy (non-hydrogen) atoms. The number of hydrogen-bond donors (Lipinski definition) is 0. The average molecular weight is 336 g/mol. The molecule has 1 aliphatic heterocycles. The normalized spacial score (nSPS) is 42.2. The molecule has 5 heteroatoms. The van der Waals surface area contributed by atoms with Gasteiger partial charge >= 0.3 is 11.9 Å². The van der Waals surface area contributed by atoms with Crippen LogP contribution in [0, 0.1) is 17.3 Å². The summed E-state index contributed by atoms with van der Waals surface area (Å²) in [6, 6.07) is 0. The highest BCUT2D eigenvalue weighted by Crippen LogP contribution is 2.61. The average Bonchev–Trinajstić information content (AvgIpc) is 3.16. The molecule has 0 aromatic heterocycles. The van der Waals surface area contributed by atoms with Crippen molar-refractivity contribution in [3.63, 3.8) is 0 Å². The number of hydrogen-bond acceptors (Lipinski definition) is 5. The molecule has 2 aliphatic carbocycles. The van der Waals surface area contributed by atoms with E-state index in [0.29, 0.717) is 12.0 Å².